The first-order chi connectivity index (χ1) is 22.3. The molecule has 0 aliphatic carbocycles. The van der Waals surface area contributed by atoms with Crippen LogP contribution in [0.3, 0.4) is 0 Å². The van der Waals surface area contributed by atoms with E-state index in [-0.39, 0.29) is 17.7 Å². The van der Waals surface area contributed by atoms with Crippen LogP contribution in [0.25, 0.3) is 6.08 Å². The number of hydrogen-bond donors (Lipinski definition) is 0. The molecule has 0 saturated carbocycles. The lowest BCUT2D eigenvalue weighted by molar-refractivity contribution is -0.136. The molecule has 8 nitrogen and oxygen atoms in total. The fourth-order valence-electron chi connectivity index (χ4n) is 5.08. The van der Waals surface area contributed by atoms with Gasteiger partial charge < -0.3 is 18.9 Å². The van der Waals surface area contributed by atoms with E-state index in [1.54, 1.807) is 36.4 Å². The third-order valence-electron chi connectivity index (χ3n) is 7.15. The maximum Gasteiger partial charge on any atom is 0.337 e. The number of halogens is 2. The molecule has 0 fully saturated rings. The van der Waals surface area contributed by atoms with Crippen molar-refractivity contribution in [1.29, 1.82) is 0 Å². The first-order valence-corrected chi connectivity index (χ1v) is 16.1. The molecule has 46 heavy (non-hydrogen) atoms. The molecule has 1 atom stereocenters. The molecule has 1 aliphatic heterocycles. The zero-order valence-corrected chi connectivity index (χ0v) is 27.9. The standard InChI is InChI=1S/C35H32Cl2N2O6S/c1-5-8-22-15-21(9-13-28(22)45-20-24-10-12-25(36)18-27(24)37)16-31-33(40)39-32(26(34(41)42-4)19-38-35(39)46-31)23-11-14-29(43-6-2)30(17-23)44-7-3/h5,9-19,32H,1,6-8,20H2,2-4H3/b31-16-/t32-/m0/s1. The van der Waals surface area contributed by atoms with E-state index in [2.05, 4.69) is 11.6 Å². The lowest BCUT2D eigenvalue weighted by Gasteiger charge is -2.23. The molecule has 238 valence electrons. The van der Waals surface area contributed by atoms with E-state index >= 15 is 0 Å². The van der Waals surface area contributed by atoms with Crippen LogP contribution in [0.4, 0.5) is 0 Å². The summed E-state index contributed by atoms with van der Waals surface area (Å²) in [6.45, 7) is 8.78. The Morgan fingerprint density at radius 2 is 1.74 bits per heavy atom. The predicted octanol–water partition coefficient (Wildman–Crippen LogP) is 6.43. The number of carbonyl (C=O) groups excluding carboxylic acids is 1. The largest absolute Gasteiger partial charge is 0.490 e. The normalized spacial score (nSPS) is 14.2. The van der Waals surface area contributed by atoms with Gasteiger partial charge in [-0.15, -0.1) is 6.58 Å². The van der Waals surface area contributed by atoms with Gasteiger partial charge in [0.15, 0.2) is 16.3 Å². The molecule has 1 aliphatic rings. The lowest BCUT2D eigenvalue weighted by Crippen LogP contribution is -2.39. The van der Waals surface area contributed by atoms with E-state index in [0.29, 0.717) is 61.8 Å². The van der Waals surface area contributed by atoms with Crippen molar-refractivity contribution < 1.29 is 23.7 Å². The number of ether oxygens (including phenoxy) is 4. The predicted molar refractivity (Wildman–Crippen MR) is 181 cm³/mol. The van der Waals surface area contributed by atoms with Crippen LogP contribution in [0, 0.1) is 0 Å². The van der Waals surface area contributed by atoms with Crippen molar-refractivity contribution in [2.45, 2.75) is 32.9 Å². The minimum Gasteiger partial charge on any atom is -0.490 e. The average Bonchev–Trinajstić information content (AvgIpc) is 3.36. The Bertz CT molecular complexity index is 2000. The average molecular weight is 680 g/mol. The molecule has 5 rings (SSSR count). The summed E-state index contributed by atoms with van der Waals surface area (Å²) in [5, 5.41) is 1.08. The number of benzene rings is 3. The number of hydrogen-bond acceptors (Lipinski definition) is 8. The summed E-state index contributed by atoms with van der Waals surface area (Å²) in [6, 6.07) is 15.6. The topological polar surface area (TPSA) is 88.4 Å². The molecule has 3 aromatic carbocycles. The number of esters is 1. The Morgan fingerprint density at radius 3 is 2.46 bits per heavy atom. The smallest absolute Gasteiger partial charge is 0.337 e. The van der Waals surface area contributed by atoms with Gasteiger partial charge in [0.2, 0.25) is 0 Å². The molecule has 0 amide bonds. The zero-order valence-electron chi connectivity index (χ0n) is 25.5. The minimum absolute atomic E-state index is 0.226. The number of fused-ring (bicyclic) bond motifs is 1. The van der Waals surface area contributed by atoms with E-state index in [9.17, 15) is 9.59 Å². The molecule has 0 radical (unpaired) electrons. The fraction of sp³-hybridized carbons (Fsp3) is 0.229. The zero-order chi connectivity index (χ0) is 32.8. The van der Waals surface area contributed by atoms with Crippen LogP contribution in [0.1, 0.15) is 42.1 Å². The molecule has 11 heteroatoms. The Hall–Kier alpha value is -4.31. The highest BCUT2D eigenvalue weighted by Crippen LogP contribution is 2.35. The van der Waals surface area contributed by atoms with Crippen LogP contribution in [-0.4, -0.2) is 30.9 Å². The number of thiazole rings is 1. The van der Waals surface area contributed by atoms with Crippen LogP contribution < -0.4 is 29.1 Å². The maximum absolute atomic E-state index is 14.0. The van der Waals surface area contributed by atoms with Crippen molar-refractivity contribution in [2.75, 3.05) is 20.3 Å². The second-order valence-corrected chi connectivity index (χ2v) is 12.0. The molecule has 0 bridgehead atoms. The number of allylic oxidation sites excluding steroid dienone is 1. The second-order valence-electron chi connectivity index (χ2n) is 10.1. The van der Waals surface area contributed by atoms with Gasteiger partial charge in [0.1, 0.15) is 12.4 Å². The van der Waals surface area contributed by atoms with Gasteiger partial charge in [-0.05, 0) is 79.4 Å². The van der Waals surface area contributed by atoms with E-state index in [4.69, 9.17) is 42.1 Å². The van der Waals surface area contributed by atoms with Crippen LogP contribution in [-0.2, 0) is 22.6 Å². The van der Waals surface area contributed by atoms with Crippen molar-refractivity contribution in [1.82, 2.24) is 4.57 Å². The molecule has 2 heterocycles. The summed E-state index contributed by atoms with van der Waals surface area (Å²) in [4.78, 5) is 31.8. The number of nitrogens with zero attached hydrogens (tertiary/aromatic N) is 2. The third-order valence-corrected chi connectivity index (χ3v) is 8.74. The lowest BCUT2D eigenvalue weighted by atomic mass is 9.97. The maximum atomic E-state index is 14.0. The molecule has 0 spiro atoms. The summed E-state index contributed by atoms with van der Waals surface area (Å²) >= 11 is 13.6. The van der Waals surface area contributed by atoms with Gasteiger partial charge in [0, 0.05) is 21.8 Å². The monoisotopic (exact) mass is 678 g/mol. The van der Waals surface area contributed by atoms with Crippen molar-refractivity contribution in [2.24, 2.45) is 4.99 Å². The number of carbonyl (C=O) groups is 1. The second kappa shape index (κ2) is 14.9. The van der Waals surface area contributed by atoms with Gasteiger partial charge in [0.05, 0.1) is 36.5 Å². The summed E-state index contributed by atoms with van der Waals surface area (Å²) in [5.41, 5.74) is 3.08. The molecular weight excluding hydrogens is 647 g/mol. The summed E-state index contributed by atoms with van der Waals surface area (Å²) < 4.78 is 24.7. The summed E-state index contributed by atoms with van der Waals surface area (Å²) in [7, 11) is 1.30. The van der Waals surface area contributed by atoms with Gasteiger partial charge in [-0.25, -0.2) is 9.79 Å². The van der Waals surface area contributed by atoms with Crippen molar-refractivity contribution in [3.63, 3.8) is 0 Å². The van der Waals surface area contributed by atoms with E-state index < -0.39 is 12.0 Å². The van der Waals surface area contributed by atoms with Gasteiger partial charge in [-0.3, -0.25) is 9.36 Å². The van der Waals surface area contributed by atoms with Crippen LogP contribution in [0.5, 0.6) is 17.2 Å². The Kier molecular flexibility index (Phi) is 10.7. The van der Waals surface area contributed by atoms with Crippen molar-refractivity contribution in [3.8, 4) is 17.2 Å². The van der Waals surface area contributed by atoms with Gasteiger partial charge >= 0.3 is 5.97 Å². The van der Waals surface area contributed by atoms with E-state index in [1.807, 2.05) is 44.2 Å². The van der Waals surface area contributed by atoms with Crippen molar-refractivity contribution in [3.05, 3.63) is 131 Å². The molecule has 0 N–H and O–H groups in total. The number of methoxy groups -OCH3 is 1. The van der Waals surface area contributed by atoms with E-state index in [0.717, 1.165) is 16.7 Å². The fourth-order valence-corrected chi connectivity index (χ4v) is 6.51. The summed E-state index contributed by atoms with van der Waals surface area (Å²) in [6.07, 6.45) is 5.61. The highest BCUT2D eigenvalue weighted by molar-refractivity contribution is 7.07. The molecule has 0 saturated heterocycles. The molecule has 0 unspecified atom stereocenters. The first kappa shape index (κ1) is 33.1. The third kappa shape index (κ3) is 7.07. The van der Waals surface area contributed by atoms with Gasteiger partial charge in [-0.1, -0.05) is 58.8 Å². The van der Waals surface area contributed by atoms with Crippen molar-refractivity contribution >= 4 is 46.6 Å². The SMILES string of the molecule is C=CCc1cc(/C=c2\sc3n(c2=O)[C@@H](c2ccc(OCC)c(OCC)c2)C(C(=O)OC)=CN=3)ccc1OCc1ccc(Cl)cc1Cl. The first-order valence-electron chi connectivity index (χ1n) is 14.6. The highest BCUT2D eigenvalue weighted by atomic mass is 35.5. The van der Waals surface area contributed by atoms with Gasteiger partial charge in [0.25, 0.3) is 5.56 Å². The van der Waals surface area contributed by atoms with Crippen LogP contribution in [0.2, 0.25) is 10.0 Å². The van der Waals surface area contributed by atoms with Gasteiger partial charge in [-0.2, -0.15) is 0 Å². The van der Waals surface area contributed by atoms with E-state index in [1.165, 1.54) is 29.2 Å². The molecule has 4 aromatic rings. The molecular formula is C35H32Cl2N2O6S. The minimum atomic E-state index is -0.785. The Balaban J connectivity index is 1.54. The number of rotatable bonds is 12. The van der Waals surface area contributed by atoms with Crippen LogP contribution in [0.15, 0.2) is 88.8 Å². The quantitative estimate of drug-likeness (QED) is 0.127. The number of aromatic nitrogens is 1. The molecule has 1 aromatic heterocycles. The Morgan fingerprint density at radius 1 is 0.978 bits per heavy atom. The Labute approximate surface area is 280 Å². The highest BCUT2D eigenvalue weighted by Gasteiger charge is 2.31. The van der Waals surface area contributed by atoms with Crippen LogP contribution >= 0.6 is 34.5 Å². The summed E-state index contributed by atoms with van der Waals surface area (Å²) in [5.74, 6) is 1.18.